The van der Waals surface area contributed by atoms with E-state index >= 15 is 0 Å². The third kappa shape index (κ3) is 3.99. The number of nitrogens with zero attached hydrogens (tertiary/aromatic N) is 4. The highest BCUT2D eigenvalue weighted by molar-refractivity contribution is 5.79. The maximum Gasteiger partial charge on any atom is 0.269 e. The molecule has 8 heteroatoms. The topological polar surface area (TPSA) is 109 Å². The van der Waals surface area contributed by atoms with Gasteiger partial charge in [-0.1, -0.05) is 0 Å². The fourth-order valence-electron chi connectivity index (χ4n) is 2.12. The molecule has 0 radical (unpaired) electrons. The smallest absolute Gasteiger partial charge is 0.269 e. The van der Waals surface area contributed by atoms with E-state index in [2.05, 4.69) is 10.1 Å². The van der Waals surface area contributed by atoms with Crippen molar-refractivity contribution in [2.75, 3.05) is 5.73 Å². The van der Waals surface area contributed by atoms with Gasteiger partial charge < -0.3 is 10.5 Å². The van der Waals surface area contributed by atoms with Crippen molar-refractivity contribution in [1.82, 2.24) is 9.66 Å². The quantitative estimate of drug-likeness (QED) is 0.436. The number of nitro groups is 1. The van der Waals surface area contributed by atoms with E-state index in [9.17, 15) is 10.1 Å². The van der Waals surface area contributed by atoms with E-state index in [1.165, 1.54) is 16.8 Å². The van der Waals surface area contributed by atoms with Crippen LogP contribution >= 0.6 is 0 Å². The highest BCUT2D eigenvalue weighted by atomic mass is 16.6. The minimum Gasteiger partial charge on any atom is -0.457 e. The number of nitro benzene ring substituents is 1. The highest BCUT2D eigenvalue weighted by Crippen LogP contribution is 2.23. The molecule has 0 saturated heterocycles. The van der Waals surface area contributed by atoms with Crippen LogP contribution in [-0.2, 0) is 0 Å². The summed E-state index contributed by atoms with van der Waals surface area (Å²) in [5, 5.41) is 14.9. The van der Waals surface area contributed by atoms with E-state index in [-0.39, 0.29) is 5.69 Å². The first kappa shape index (κ1) is 16.2. The largest absolute Gasteiger partial charge is 0.457 e. The second-order valence-electron chi connectivity index (χ2n) is 5.25. The minimum absolute atomic E-state index is 0.0212. The fraction of sp³-hybridized carbons (Fsp3) is 0.0588. The van der Waals surface area contributed by atoms with Gasteiger partial charge in [0.2, 0.25) is 5.95 Å². The number of nitrogen functional groups attached to an aromatic ring is 1. The number of aromatic nitrogens is 2. The van der Waals surface area contributed by atoms with Gasteiger partial charge in [-0.05, 0) is 48.9 Å². The van der Waals surface area contributed by atoms with Crippen molar-refractivity contribution in [2.24, 2.45) is 5.10 Å². The SMILES string of the molecule is Cc1cn(N=Cc2ccc(Oc3ccc([N+](=O)[O-])cc3)cc2)c(N)n1. The predicted molar refractivity (Wildman–Crippen MR) is 94.0 cm³/mol. The van der Waals surface area contributed by atoms with E-state index in [4.69, 9.17) is 10.5 Å². The van der Waals surface area contributed by atoms with Gasteiger partial charge in [-0.2, -0.15) is 5.10 Å². The molecule has 2 N–H and O–H groups in total. The third-order valence-corrected chi connectivity index (χ3v) is 3.33. The summed E-state index contributed by atoms with van der Waals surface area (Å²) in [6.07, 6.45) is 3.39. The summed E-state index contributed by atoms with van der Waals surface area (Å²) in [4.78, 5) is 14.2. The van der Waals surface area contributed by atoms with Crippen LogP contribution in [0.1, 0.15) is 11.3 Å². The van der Waals surface area contributed by atoms with Gasteiger partial charge in [0.25, 0.3) is 5.69 Å². The number of anilines is 1. The van der Waals surface area contributed by atoms with Crippen molar-refractivity contribution in [1.29, 1.82) is 0 Å². The van der Waals surface area contributed by atoms with Crippen molar-refractivity contribution in [2.45, 2.75) is 6.92 Å². The first-order valence-corrected chi connectivity index (χ1v) is 7.39. The van der Waals surface area contributed by atoms with Crippen LogP contribution in [0.15, 0.2) is 59.8 Å². The van der Waals surface area contributed by atoms with Crippen LogP contribution in [0.25, 0.3) is 0 Å². The zero-order chi connectivity index (χ0) is 17.8. The monoisotopic (exact) mass is 337 g/mol. The zero-order valence-electron chi connectivity index (χ0n) is 13.4. The Hall–Kier alpha value is -3.68. The molecular formula is C17H15N5O3. The van der Waals surface area contributed by atoms with Crippen LogP contribution in [0.4, 0.5) is 11.6 Å². The molecule has 0 saturated carbocycles. The molecule has 1 aromatic heterocycles. The molecule has 0 spiro atoms. The molecule has 0 bridgehead atoms. The van der Waals surface area contributed by atoms with E-state index < -0.39 is 4.92 Å². The Balaban J connectivity index is 1.67. The number of non-ortho nitro benzene ring substituents is 1. The van der Waals surface area contributed by atoms with Crippen LogP contribution in [0, 0.1) is 17.0 Å². The van der Waals surface area contributed by atoms with Gasteiger partial charge in [-0.3, -0.25) is 10.1 Å². The van der Waals surface area contributed by atoms with Crippen LogP contribution in [0.3, 0.4) is 0 Å². The number of hydrogen-bond acceptors (Lipinski definition) is 6. The van der Waals surface area contributed by atoms with Crippen molar-refractivity contribution < 1.29 is 9.66 Å². The standard InChI is InChI=1S/C17H15N5O3/c1-12-11-21(17(18)20-12)19-10-13-2-6-15(7-3-13)25-16-8-4-14(5-9-16)22(23)24/h2-11H,1H3,(H2,18,20). The number of rotatable bonds is 5. The Bertz CT molecular complexity index is 914. The summed E-state index contributed by atoms with van der Waals surface area (Å²) in [5.74, 6) is 1.46. The molecule has 3 aromatic rings. The normalized spacial score (nSPS) is 10.9. The molecule has 126 valence electrons. The van der Waals surface area contributed by atoms with E-state index in [1.807, 2.05) is 19.1 Å². The lowest BCUT2D eigenvalue weighted by Crippen LogP contribution is -1.96. The molecule has 0 atom stereocenters. The van der Waals surface area contributed by atoms with E-state index in [1.54, 1.807) is 36.7 Å². The number of imidazole rings is 1. The summed E-state index contributed by atoms with van der Waals surface area (Å²) in [7, 11) is 0. The molecule has 0 fully saturated rings. The first-order chi connectivity index (χ1) is 12.0. The number of ether oxygens (including phenoxy) is 1. The fourth-order valence-corrected chi connectivity index (χ4v) is 2.12. The number of aryl methyl sites for hydroxylation is 1. The molecule has 2 aromatic carbocycles. The number of nitrogens with two attached hydrogens (primary N) is 1. The first-order valence-electron chi connectivity index (χ1n) is 7.39. The number of benzene rings is 2. The van der Waals surface area contributed by atoms with Crippen LogP contribution in [-0.4, -0.2) is 20.8 Å². The van der Waals surface area contributed by atoms with E-state index in [0.717, 1.165) is 11.3 Å². The maximum absolute atomic E-state index is 10.6. The average molecular weight is 337 g/mol. The molecule has 0 aliphatic rings. The van der Waals surface area contributed by atoms with Crippen molar-refractivity contribution in [3.05, 3.63) is 76.1 Å². The molecule has 3 rings (SSSR count). The summed E-state index contributed by atoms with van der Waals surface area (Å²) in [6, 6.07) is 13.1. The zero-order valence-corrected chi connectivity index (χ0v) is 13.4. The summed E-state index contributed by atoms with van der Waals surface area (Å²) in [6.45, 7) is 1.84. The number of hydrogen-bond donors (Lipinski definition) is 1. The van der Waals surface area contributed by atoms with Gasteiger partial charge >= 0.3 is 0 Å². The second kappa shape index (κ2) is 6.83. The van der Waals surface area contributed by atoms with Crippen molar-refractivity contribution in [3.8, 4) is 11.5 Å². The van der Waals surface area contributed by atoms with Crippen LogP contribution < -0.4 is 10.5 Å². The van der Waals surface area contributed by atoms with Crippen molar-refractivity contribution in [3.63, 3.8) is 0 Å². The lowest BCUT2D eigenvalue weighted by molar-refractivity contribution is -0.384. The van der Waals surface area contributed by atoms with Crippen LogP contribution in [0.2, 0.25) is 0 Å². The summed E-state index contributed by atoms with van der Waals surface area (Å²) < 4.78 is 7.15. The second-order valence-corrected chi connectivity index (χ2v) is 5.25. The van der Waals surface area contributed by atoms with E-state index in [0.29, 0.717) is 17.4 Å². The summed E-state index contributed by atoms with van der Waals surface area (Å²) >= 11 is 0. The Labute approximate surface area is 143 Å². The Morgan fingerprint density at radius 2 is 1.76 bits per heavy atom. The van der Waals surface area contributed by atoms with Gasteiger partial charge in [0, 0.05) is 12.1 Å². The molecule has 1 heterocycles. The lowest BCUT2D eigenvalue weighted by Gasteiger charge is -2.05. The molecular weight excluding hydrogens is 322 g/mol. The van der Waals surface area contributed by atoms with Gasteiger partial charge in [-0.15, -0.1) is 0 Å². The maximum atomic E-state index is 10.6. The summed E-state index contributed by atoms with van der Waals surface area (Å²) in [5.41, 5.74) is 7.40. The van der Waals surface area contributed by atoms with Gasteiger partial charge in [-0.25, -0.2) is 9.66 Å². The molecule has 0 amide bonds. The van der Waals surface area contributed by atoms with Crippen molar-refractivity contribution >= 4 is 17.9 Å². The Kier molecular flexibility index (Phi) is 4.42. The molecule has 25 heavy (non-hydrogen) atoms. The van der Waals surface area contributed by atoms with Gasteiger partial charge in [0.05, 0.1) is 23.0 Å². The van der Waals surface area contributed by atoms with Gasteiger partial charge in [0.1, 0.15) is 11.5 Å². The minimum atomic E-state index is -0.452. The van der Waals surface area contributed by atoms with Crippen LogP contribution in [0.5, 0.6) is 11.5 Å². The Morgan fingerprint density at radius 3 is 2.28 bits per heavy atom. The van der Waals surface area contributed by atoms with Gasteiger partial charge in [0.15, 0.2) is 0 Å². The lowest BCUT2D eigenvalue weighted by atomic mass is 10.2. The molecule has 0 unspecified atom stereocenters. The molecule has 0 aliphatic heterocycles. The highest BCUT2D eigenvalue weighted by Gasteiger charge is 2.05. The molecule has 0 aliphatic carbocycles. The molecule has 8 nitrogen and oxygen atoms in total. The predicted octanol–water partition coefficient (Wildman–Crippen LogP) is 3.36. The Morgan fingerprint density at radius 1 is 1.16 bits per heavy atom. The third-order valence-electron chi connectivity index (χ3n) is 3.33. The average Bonchev–Trinajstić information content (AvgIpc) is 2.92.